The van der Waals surface area contributed by atoms with Gasteiger partial charge in [-0.3, -0.25) is 19.2 Å². The van der Waals surface area contributed by atoms with Crippen LogP contribution in [0.15, 0.2) is 12.4 Å². The van der Waals surface area contributed by atoms with Crippen molar-refractivity contribution < 1.29 is 29.4 Å². The highest BCUT2D eigenvalue weighted by molar-refractivity contribution is 5.93. The summed E-state index contributed by atoms with van der Waals surface area (Å²) < 4.78 is 0. The molecule has 13 nitrogen and oxygen atoms in total. The van der Waals surface area contributed by atoms with Crippen LogP contribution in [-0.2, 0) is 19.2 Å². The van der Waals surface area contributed by atoms with Gasteiger partial charge in [-0.05, 0) is 38.1 Å². The first-order chi connectivity index (χ1) is 17.7. The van der Waals surface area contributed by atoms with Crippen LogP contribution in [0.2, 0.25) is 0 Å². The summed E-state index contributed by atoms with van der Waals surface area (Å²) >= 11 is 0. The summed E-state index contributed by atoms with van der Waals surface area (Å²) in [5.74, 6) is 3.53. The van der Waals surface area contributed by atoms with Crippen LogP contribution >= 0.6 is 0 Å². The van der Waals surface area contributed by atoms with Crippen molar-refractivity contribution >= 4 is 23.6 Å². The molecule has 0 aromatic carbocycles. The van der Waals surface area contributed by atoms with Gasteiger partial charge in [0.25, 0.3) is 0 Å². The maximum atomic E-state index is 13.0. The van der Waals surface area contributed by atoms with Gasteiger partial charge in [0.2, 0.25) is 23.6 Å². The summed E-state index contributed by atoms with van der Waals surface area (Å²) in [6.07, 6.45) is 5.36. The van der Waals surface area contributed by atoms with Crippen molar-refractivity contribution in [2.75, 3.05) is 19.8 Å². The molecule has 1 aromatic heterocycles. The highest BCUT2D eigenvalue weighted by Crippen LogP contribution is 2.07. The molecule has 0 aliphatic rings. The summed E-state index contributed by atoms with van der Waals surface area (Å²) in [6.45, 7) is 3.08. The number of aromatic nitrogens is 2. The lowest BCUT2D eigenvalue weighted by atomic mass is 10.0. The number of aromatic hydroxyl groups is 1. The third-order valence-electron chi connectivity index (χ3n) is 5.12. The Morgan fingerprint density at radius 2 is 1.70 bits per heavy atom. The molecule has 0 unspecified atom stereocenters. The molecule has 0 spiro atoms. The maximum absolute atomic E-state index is 13.0. The van der Waals surface area contributed by atoms with Crippen molar-refractivity contribution in [3.63, 3.8) is 0 Å². The molecule has 0 aliphatic carbocycles. The van der Waals surface area contributed by atoms with Gasteiger partial charge in [-0.2, -0.15) is 0 Å². The van der Waals surface area contributed by atoms with E-state index in [1.54, 1.807) is 13.8 Å². The second-order valence-electron chi connectivity index (χ2n) is 8.54. The molecular weight excluding hydrogens is 482 g/mol. The van der Waals surface area contributed by atoms with Gasteiger partial charge in [-0.1, -0.05) is 25.7 Å². The molecule has 0 saturated carbocycles. The molecular formula is C24H37N7O6. The topological polar surface area (TPSA) is 209 Å². The van der Waals surface area contributed by atoms with Gasteiger partial charge >= 0.3 is 6.01 Å². The molecule has 0 fully saturated rings. The molecule has 4 amide bonds. The van der Waals surface area contributed by atoms with E-state index >= 15 is 0 Å². The first kappa shape index (κ1) is 31.3. The fourth-order valence-corrected chi connectivity index (χ4v) is 3.13. The van der Waals surface area contributed by atoms with Crippen molar-refractivity contribution in [2.45, 2.75) is 64.5 Å². The van der Waals surface area contributed by atoms with Crippen molar-refractivity contribution in [3.05, 3.63) is 18.0 Å². The molecule has 37 heavy (non-hydrogen) atoms. The predicted octanol–water partition coefficient (Wildman–Crippen LogP) is -1.36. The van der Waals surface area contributed by atoms with Crippen LogP contribution in [0.3, 0.4) is 0 Å². The highest BCUT2D eigenvalue weighted by atomic mass is 16.3. The van der Waals surface area contributed by atoms with Crippen molar-refractivity contribution in [3.8, 4) is 17.9 Å². The van der Waals surface area contributed by atoms with Crippen LogP contribution in [0, 0.1) is 17.8 Å². The molecule has 1 aromatic rings. The smallest absolute Gasteiger partial charge is 0.313 e. The zero-order valence-electron chi connectivity index (χ0n) is 21.2. The molecule has 1 rings (SSSR count). The number of carbonyl (C=O) groups excluding carboxylic acids is 4. The van der Waals surface area contributed by atoms with Gasteiger partial charge in [-0.25, -0.2) is 9.97 Å². The van der Waals surface area contributed by atoms with Crippen LogP contribution in [0.4, 0.5) is 0 Å². The predicted molar refractivity (Wildman–Crippen MR) is 134 cm³/mol. The third-order valence-corrected chi connectivity index (χ3v) is 5.12. The molecule has 13 heteroatoms. The maximum Gasteiger partial charge on any atom is 0.313 e. The monoisotopic (exact) mass is 519 g/mol. The van der Waals surface area contributed by atoms with Crippen LogP contribution in [0.5, 0.6) is 6.01 Å². The number of nitrogens with two attached hydrogens (primary N) is 1. The largest absolute Gasteiger partial charge is 0.479 e. The number of hydrogen-bond acceptors (Lipinski definition) is 9. The van der Waals surface area contributed by atoms with E-state index < -0.39 is 36.5 Å². The summed E-state index contributed by atoms with van der Waals surface area (Å²) in [5, 5.41) is 27.8. The lowest BCUT2D eigenvalue weighted by molar-refractivity contribution is -0.133. The Hall–Kier alpha value is -3.76. The van der Waals surface area contributed by atoms with Gasteiger partial charge in [0.15, 0.2) is 0 Å². The van der Waals surface area contributed by atoms with Crippen molar-refractivity contribution in [2.24, 2.45) is 11.7 Å². The normalized spacial score (nSPS) is 12.0. The Kier molecular flexibility index (Phi) is 14.9. The fourth-order valence-electron chi connectivity index (χ4n) is 3.13. The zero-order valence-corrected chi connectivity index (χ0v) is 21.2. The first-order valence-corrected chi connectivity index (χ1v) is 12.1. The Bertz CT molecular complexity index is 943. The van der Waals surface area contributed by atoms with Crippen LogP contribution in [0.25, 0.3) is 0 Å². The highest BCUT2D eigenvalue weighted by Gasteiger charge is 2.28. The lowest BCUT2D eigenvalue weighted by Crippen LogP contribution is -2.56. The van der Waals surface area contributed by atoms with E-state index in [4.69, 9.17) is 15.9 Å². The van der Waals surface area contributed by atoms with Gasteiger partial charge in [0.05, 0.1) is 12.1 Å². The number of aliphatic hydroxyl groups is 1. The molecule has 8 N–H and O–H groups in total. The number of aliphatic hydroxyl groups excluding tert-OH is 1. The summed E-state index contributed by atoms with van der Waals surface area (Å²) in [5.41, 5.74) is 6.07. The minimum absolute atomic E-state index is 0.150. The molecule has 204 valence electrons. The van der Waals surface area contributed by atoms with E-state index in [-0.39, 0.29) is 30.8 Å². The lowest BCUT2D eigenvalue weighted by Gasteiger charge is -2.25. The Labute approximate surface area is 216 Å². The standard InChI is InChI=1S/C24H37N7O6/c1-16(2)21(31-19(33)10-5-3-4-8-17-12-27-24(37)28-13-17)23(36)30-18(9-6-7-11-25)22(35)26-14-20(34)29-15-32/h12-13,16,18,21,32H,3,5-7,9-11,14-15,25H2,1-2H3,(H,26,35)(H,29,34)(H,30,36)(H,31,33)(H,27,28,37)/t18-,21-/m0/s1. The van der Waals surface area contributed by atoms with Gasteiger partial charge < -0.3 is 37.2 Å². The average molecular weight is 520 g/mol. The summed E-state index contributed by atoms with van der Waals surface area (Å²) in [4.78, 5) is 56.8. The summed E-state index contributed by atoms with van der Waals surface area (Å²) in [6, 6.07) is -2.12. The van der Waals surface area contributed by atoms with Crippen LogP contribution < -0.4 is 27.0 Å². The van der Waals surface area contributed by atoms with Gasteiger partial charge in [0, 0.05) is 25.2 Å². The molecule has 0 radical (unpaired) electrons. The number of hydrogen-bond donors (Lipinski definition) is 7. The van der Waals surface area contributed by atoms with E-state index in [1.165, 1.54) is 12.4 Å². The number of amides is 4. The first-order valence-electron chi connectivity index (χ1n) is 12.1. The third kappa shape index (κ3) is 13.2. The van der Waals surface area contributed by atoms with E-state index in [9.17, 15) is 19.2 Å². The Morgan fingerprint density at radius 1 is 1.00 bits per heavy atom. The fraction of sp³-hybridized carbons (Fsp3) is 0.583. The zero-order chi connectivity index (χ0) is 27.6. The minimum Gasteiger partial charge on any atom is -0.479 e. The number of rotatable bonds is 15. The number of nitrogens with one attached hydrogen (secondary N) is 4. The molecule has 1 heterocycles. The quantitative estimate of drug-likeness (QED) is 0.0828. The van der Waals surface area contributed by atoms with E-state index in [2.05, 4.69) is 43.1 Å². The molecule has 0 aliphatic heterocycles. The Balaban J connectivity index is 2.64. The number of nitrogens with zero attached hydrogens (tertiary/aromatic N) is 2. The van der Waals surface area contributed by atoms with Gasteiger partial charge in [-0.15, -0.1) is 0 Å². The van der Waals surface area contributed by atoms with Crippen molar-refractivity contribution in [1.82, 2.24) is 31.2 Å². The van der Waals surface area contributed by atoms with Gasteiger partial charge in [0.1, 0.15) is 18.8 Å². The molecule has 0 saturated heterocycles. The SMILES string of the molecule is CC(C)[C@H](NC(=O)CCCC#Cc1cnc(O)nc1)C(=O)N[C@@H](CCCCN)C(=O)NCC(=O)NCO. The van der Waals surface area contributed by atoms with E-state index in [0.29, 0.717) is 44.2 Å². The van der Waals surface area contributed by atoms with E-state index in [0.717, 1.165) is 0 Å². The number of carbonyl (C=O) groups is 4. The number of unbranched alkanes of at least 4 members (excludes halogenated alkanes) is 2. The summed E-state index contributed by atoms with van der Waals surface area (Å²) in [7, 11) is 0. The van der Waals surface area contributed by atoms with Crippen LogP contribution in [-0.4, -0.2) is 75.7 Å². The average Bonchev–Trinajstić information content (AvgIpc) is 2.86. The van der Waals surface area contributed by atoms with Crippen LogP contribution in [0.1, 0.15) is 57.9 Å². The Morgan fingerprint density at radius 3 is 2.32 bits per heavy atom. The molecule has 0 bridgehead atoms. The van der Waals surface area contributed by atoms with Crippen molar-refractivity contribution in [1.29, 1.82) is 0 Å². The minimum atomic E-state index is -0.918. The molecule has 2 atom stereocenters. The second-order valence-corrected chi connectivity index (χ2v) is 8.54. The second kappa shape index (κ2) is 17.6. The van der Waals surface area contributed by atoms with E-state index in [1.807, 2.05) is 0 Å².